The van der Waals surface area contributed by atoms with Crippen LogP contribution in [-0.2, 0) is 14.3 Å². The van der Waals surface area contributed by atoms with Crippen molar-refractivity contribution >= 4 is 11.8 Å². The Morgan fingerprint density at radius 3 is 2.36 bits per heavy atom. The van der Waals surface area contributed by atoms with Gasteiger partial charge in [0, 0.05) is 0 Å². The minimum Gasteiger partial charge on any atom is -0.456 e. The van der Waals surface area contributed by atoms with E-state index in [2.05, 4.69) is 6.58 Å². The van der Waals surface area contributed by atoms with Crippen LogP contribution in [0.1, 0.15) is 25.7 Å². The lowest BCUT2D eigenvalue weighted by Crippen LogP contribution is -2.28. The summed E-state index contributed by atoms with van der Waals surface area (Å²) in [5.41, 5.74) is 0. The summed E-state index contributed by atoms with van der Waals surface area (Å²) >= 11 is 0. The Labute approximate surface area is 82.6 Å². The summed E-state index contributed by atoms with van der Waals surface area (Å²) in [5.74, 6) is -1.56. The highest BCUT2D eigenvalue weighted by atomic mass is 16.5. The molecule has 1 aliphatic carbocycles. The number of ether oxygens (including phenoxy) is 1. The third kappa shape index (κ3) is 2.96. The number of esters is 1. The lowest BCUT2D eigenvalue weighted by atomic mass is 9.95. The molecule has 0 aliphatic heterocycles. The van der Waals surface area contributed by atoms with E-state index in [1.807, 2.05) is 0 Å². The fourth-order valence-electron chi connectivity index (χ4n) is 1.46. The quantitative estimate of drug-likeness (QED) is 0.409. The van der Waals surface area contributed by atoms with Crippen molar-refractivity contribution in [3.63, 3.8) is 0 Å². The fourth-order valence-corrected chi connectivity index (χ4v) is 1.46. The normalized spacial score (nSPS) is 26.6. The van der Waals surface area contributed by atoms with Crippen LogP contribution in [0.4, 0.5) is 0 Å². The lowest BCUT2D eigenvalue weighted by molar-refractivity contribution is -0.157. The van der Waals surface area contributed by atoms with E-state index in [4.69, 9.17) is 4.74 Å². The summed E-state index contributed by atoms with van der Waals surface area (Å²) in [6, 6.07) is 0. The summed E-state index contributed by atoms with van der Waals surface area (Å²) in [4.78, 5) is 21.8. The van der Waals surface area contributed by atoms with Gasteiger partial charge in [0.25, 0.3) is 5.78 Å². The zero-order valence-electron chi connectivity index (χ0n) is 7.94. The van der Waals surface area contributed by atoms with Crippen molar-refractivity contribution in [1.29, 1.82) is 0 Å². The highest BCUT2D eigenvalue weighted by molar-refractivity contribution is 6.38. The number of rotatable bonds is 3. The first-order valence-corrected chi connectivity index (χ1v) is 4.69. The van der Waals surface area contributed by atoms with Crippen LogP contribution in [0.15, 0.2) is 12.7 Å². The molecule has 1 saturated carbocycles. The molecule has 1 fully saturated rings. The fraction of sp³-hybridized carbons (Fsp3) is 0.600. The second-order valence-electron chi connectivity index (χ2n) is 3.40. The molecule has 4 nitrogen and oxygen atoms in total. The Hall–Kier alpha value is -1.16. The molecule has 0 bridgehead atoms. The van der Waals surface area contributed by atoms with Gasteiger partial charge >= 0.3 is 5.97 Å². The molecule has 0 saturated heterocycles. The summed E-state index contributed by atoms with van der Waals surface area (Å²) in [5, 5.41) is 9.19. The van der Waals surface area contributed by atoms with E-state index in [-0.39, 0.29) is 12.2 Å². The Morgan fingerprint density at radius 1 is 1.29 bits per heavy atom. The second-order valence-corrected chi connectivity index (χ2v) is 3.40. The zero-order valence-corrected chi connectivity index (χ0v) is 7.94. The first-order valence-electron chi connectivity index (χ1n) is 4.69. The molecule has 0 unspecified atom stereocenters. The smallest absolute Gasteiger partial charge is 0.379 e. The number of carbonyl (C=O) groups is 2. The van der Waals surface area contributed by atoms with E-state index in [1.54, 1.807) is 0 Å². The van der Waals surface area contributed by atoms with Crippen molar-refractivity contribution in [1.82, 2.24) is 0 Å². The standard InChI is InChI=1S/C10H14O4/c1-2-9(12)10(13)14-8-5-3-7(11)4-6-8/h2,7-8,11H,1,3-6H2. The van der Waals surface area contributed by atoms with Crippen LogP contribution in [0.2, 0.25) is 0 Å². The molecule has 4 heteroatoms. The summed E-state index contributed by atoms with van der Waals surface area (Å²) < 4.78 is 4.92. The predicted octanol–water partition coefficient (Wildman–Crippen LogP) is 0.588. The molecule has 0 aromatic heterocycles. The molecule has 0 aromatic rings. The van der Waals surface area contributed by atoms with Crippen LogP contribution in [0.25, 0.3) is 0 Å². The molecule has 1 aliphatic rings. The van der Waals surface area contributed by atoms with Gasteiger partial charge < -0.3 is 9.84 Å². The van der Waals surface area contributed by atoms with E-state index in [1.165, 1.54) is 0 Å². The van der Waals surface area contributed by atoms with Crippen LogP contribution < -0.4 is 0 Å². The molecule has 14 heavy (non-hydrogen) atoms. The van der Waals surface area contributed by atoms with Gasteiger partial charge in [0.2, 0.25) is 0 Å². The van der Waals surface area contributed by atoms with E-state index in [9.17, 15) is 14.7 Å². The largest absolute Gasteiger partial charge is 0.456 e. The van der Waals surface area contributed by atoms with Gasteiger partial charge in [0.05, 0.1) is 6.10 Å². The van der Waals surface area contributed by atoms with Crippen LogP contribution >= 0.6 is 0 Å². The molecule has 1 N–H and O–H groups in total. The Bertz CT molecular complexity index is 239. The monoisotopic (exact) mass is 198 g/mol. The molecule has 0 aromatic carbocycles. The second kappa shape index (κ2) is 4.91. The highest BCUT2D eigenvalue weighted by Gasteiger charge is 2.24. The van der Waals surface area contributed by atoms with Crippen LogP contribution in [0.5, 0.6) is 0 Å². The van der Waals surface area contributed by atoms with Gasteiger partial charge in [-0.1, -0.05) is 6.58 Å². The number of hydrogen-bond donors (Lipinski definition) is 1. The van der Waals surface area contributed by atoms with Gasteiger partial charge in [-0.15, -0.1) is 0 Å². The molecule has 0 atom stereocenters. The van der Waals surface area contributed by atoms with E-state index < -0.39 is 11.8 Å². The predicted molar refractivity (Wildman–Crippen MR) is 49.6 cm³/mol. The molecular weight excluding hydrogens is 184 g/mol. The van der Waals surface area contributed by atoms with Crippen molar-refractivity contribution in [2.45, 2.75) is 37.9 Å². The highest BCUT2D eigenvalue weighted by Crippen LogP contribution is 2.21. The average molecular weight is 198 g/mol. The average Bonchev–Trinajstić information content (AvgIpc) is 2.20. The summed E-state index contributed by atoms with van der Waals surface area (Å²) in [6.07, 6.45) is 2.92. The number of ketones is 1. The van der Waals surface area contributed by atoms with Crippen LogP contribution in [0, 0.1) is 0 Å². The van der Waals surface area contributed by atoms with Crippen molar-refractivity contribution in [2.24, 2.45) is 0 Å². The first-order chi connectivity index (χ1) is 6.63. The minimum absolute atomic E-state index is 0.227. The van der Waals surface area contributed by atoms with Gasteiger partial charge in [-0.25, -0.2) is 4.79 Å². The Morgan fingerprint density at radius 2 is 1.86 bits per heavy atom. The molecule has 0 amide bonds. The van der Waals surface area contributed by atoms with Gasteiger partial charge in [-0.2, -0.15) is 0 Å². The maximum Gasteiger partial charge on any atom is 0.379 e. The molecule has 1 rings (SSSR count). The van der Waals surface area contributed by atoms with Crippen molar-refractivity contribution in [3.8, 4) is 0 Å². The third-order valence-electron chi connectivity index (χ3n) is 2.30. The van der Waals surface area contributed by atoms with E-state index in [0.29, 0.717) is 25.7 Å². The number of hydrogen-bond acceptors (Lipinski definition) is 4. The first kappa shape index (κ1) is 10.9. The van der Waals surface area contributed by atoms with Crippen LogP contribution in [-0.4, -0.2) is 29.1 Å². The lowest BCUT2D eigenvalue weighted by Gasteiger charge is -2.24. The summed E-state index contributed by atoms with van der Waals surface area (Å²) in [7, 11) is 0. The van der Waals surface area contributed by atoms with Gasteiger partial charge in [-0.05, 0) is 31.8 Å². The van der Waals surface area contributed by atoms with E-state index >= 15 is 0 Å². The Balaban J connectivity index is 2.34. The maximum absolute atomic E-state index is 11.0. The number of carbonyl (C=O) groups excluding carboxylic acids is 2. The molecule has 0 spiro atoms. The van der Waals surface area contributed by atoms with Crippen molar-refractivity contribution < 1.29 is 19.4 Å². The molecule has 0 radical (unpaired) electrons. The molecular formula is C10H14O4. The topological polar surface area (TPSA) is 63.6 Å². The van der Waals surface area contributed by atoms with Crippen molar-refractivity contribution in [3.05, 3.63) is 12.7 Å². The maximum atomic E-state index is 11.0. The van der Waals surface area contributed by atoms with Gasteiger partial charge in [0.15, 0.2) is 0 Å². The number of aliphatic hydroxyl groups is 1. The van der Waals surface area contributed by atoms with Gasteiger partial charge in [0.1, 0.15) is 6.10 Å². The molecule has 0 heterocycles. The summed E-state index contributed by atoms with van der Waals surface area (Å²) in [6.45, 7) is 3.20. The Kier molecular flexibility index (Phi) is 3.83. The molecule has 78 valence electrons. The number of aliphatic hydroxyl groups excluding tert-OH is 1. The zero-order chi connectivity index (χ0) is 10.6. The SMILES string of the molecule is C=CC(=O)C(=O)OC1CCC(O)CC1. The van der Waals surface area contributed by atoms with Gasteiger partial charge in [-0.3, -0.25) is 4.79 Å². The minimum atomic E-state index is -0.846. The van der Waals surface area contributed by atoms with Crippen molar-refractivity contribution in [2.75, 3.05) is 0 Å². The van der Waals surface area contributed by atoms with E-state index in [0.717, 1.165) is 6.08 Å². The third-order valence-corrected chi connectivity index (χ3v) is 2.30. The van der Waals surface area contributed by atoms with Crippen LogP contribution in [0.3, 0.4) is 0 Å².